The molecule has 0 spiro atoms. The first-order chi connectivity index (χ1) is 11.3. The lowest BCUT2D eigenvalue weighted by Crippen LogP contribution is -2.44. The molecule has 0 aliphatic heterocycles. The number of amides is 1. The van der Waals surface area contributed by atoms with E-state index in [0.717, 1.165) is 0 Å². The van der Waals surface area contributed by atoms with E-state index in [1.54, 1.807) is 31.2 Å². The highest BCUT2D eigenvalue weighted by Crippen LogP contribution is 2.14. The van der Waals surface area contributed by atoms with Crippen LogP contribution in [0.1, 0.15) is 26.0 Å². The van der Waals surface area contributed by atoms with Crippen LogP contribution in [-0.2, 0) is 14.8 Å². The molecule has 7 nitrogen and oxygen atoms in total. The molecule has 2 rings (SSSR count). The zero-order chi connectivity index (χ0) is 17.7. The van der Waals surface area contributed by atoms with Crippen LogP contribution in [-0.4, -0.2) is 25.5 Å². The van der Waals surface area contributed by atoms with Crippen molar-refractivity contribution in [2.45, 2.75) is 38.1 Å². The lowest BCUT2D eigenvalue weighted by molar-refractivity contribution is -0.118. The fraction of sp³-hybridized carbons (Fsp3) is 0.375. The maximum absolute atomic E-state index is 12.5. The van der Waals surface area contributed by atoms with Crippen LogP contribution >= 0.6 is 0 Å². The molecule has 0 radical (unpaired) electrons. The SMILES string of the molecule is Cc1cc(NC(=O)[C@@H](CC(C)C)NS(=O)(=O)c2ccccc2)no1. The zero-order valence-corrected chi connectivity index (χ0v) is 14.6. The number of nitrogens with one attached hydrogen (secondary N) is 2. The van der Waals surface area contributed by atoms with E-state index in [0.29, 0.717) is 12.2 Å². The predicted molar refractivity (Wildman–Crippen MR) is 89.9 cm³/mol. The van der Waals surface area contributed by atoms with Crippen LogP contribution in [0, 0.1) is 12.8 Å². The summed E-state index contributed by atoms with van der Waals surface area (Å²) in [5.74, 6) is 0.454. The number of carbonyl (C=O) groups excluding carboxylic acids is 1. The van der Waals surface area contributed by atoms with E-state index in [-0.39, 0.29) is 16.6 Å². The summed E-state index contributed by atoms with van der Waals surface area (Å²) in [6.07, 6.45) is 0.356. The van der Waals surface area contributed by atoms with Gasteiger partial charge in [-0.3, -0.25) is 4.79 Å². The molecular formula is C16H21N3O4S. The first-order valence-corrected chi connectivity index (χ1v) is 9.08. The van der Waals surface area contributed by atoms with E-state index >= 15 is 0 Å². The van der Waals surface area contributed by atoms with Crippen molar-refractivity contribution in [3.63, 3.8) is 0 Å². The number of benzene rings is 1. The average molecular weight is 351 g/mol. The van der Waals surface area contributed by atoms with Gasteiger partial charge in [-0.25, -0.2) is 8.42 Å². The number of anilines is 1. The maximum Gasteiger partial charge on any atom is 0.243 e. The lowest BCUT2D eigenvalue weighted by atomic mass is 10.0. The van der Waals surface area contributed by atoms with Gasteiger partial charge in [0, 0.05) is 6.07 Å². The third kappa shape index (κ3) is 4.90. The molecule has 0 bridgehead atoms. The van der Waals surface area contributed by atoms with Crippen molar-refractivity contribution in [1.29, 1.82) is 0 Å². The largest absolute Gasteiger partial charge is 0.360 e. The monoisotopic (exact) mass is 351 g/mol. The van der Waals surface area contributed by atoms with E-state index in [1.165, 1.54) is 12.1 Å². The Morgan fingerprint density at radius 3 is 2.46 bits per heavy atom. The molecular weight excluding hydrogens is 330 g/mol. The summed E-state index contributed by atoms with van der Waals surface area (Å²) < 4.78 is 32.3. The number of hydrogen-bond donors (Lipinski definition) is 2. The Bertz CT molecular complexity index is 785. The van der Waals surface area contributed by atoms with Crippen molar-refractivity contribution < 1.29 is 17.7 Å². The molecule has 1 aromatic heterocycles. The van der Waals surface area contributed by atoms with E-state index in [9.17, 15) is 13.2 Å². The number of aromatic nitrogens is 1. The lowest BCUT2D eigenvalue weighted by Gasteiger charge is -2.19. The fourth-order valence-electron chi connectivity index (χ4n) is 2.17. The molecule has 0 fully saturated rings. The number of carbonyl (C=O) groups is 1. The van der Waals surface area contributed by atoms with Gasteiger partial charge in [0.15, 0.2) is 5.82 Å². The molecule has 0 aliphatic rings. The Kier molecular flexibility index (Phi) is 5.74. The number of aryl methyl sites for hydroxylation is 1. The maximum atomic E-state index is 12.5. The van der Waals surface area contributed by atoms with Crippen molar-refractivity contribution in [2.75, 3.05) is 5.32 Å². The van der Waals surface area contributed by atoms with Gasteiger partial charge in [0.25, 0.3) is 0 Å². The van der Waals surface area contributed by atoms with Gasteiger partial charge < -0.3 is 9.84 Å². The smallest absolute Gasteiger partial charge is 0.243 e. The molecule has 130 valence electrons. The molecule has 1 amide bonds. The van der Waals surface area contributed by atoms with Gasteiger partial charge >= 0.3 is 0 Å². The minimum absolute atomic E-state index is 0.115. The Hall–Kier alpha value is -2.19. The quantitative estimate of drug-likeness (QED) is 0.797. The molecule has 24 heavy (non-hydrogen) atoms. The van der Waals surface area contributed by atoms with E-state index in [4.69, 9.17) is 4.52 Å². The van der Waals surface area contributed by atoms with Gasteiger partial charge in [0.05, 0.1) is 4.90 Å². The van der Waals surface area contributed by atoms with Crippen LogP contribution in [0.5, 0.6) is 0 Å². The molecule has 0 aliphatic carbocycles. The van der Waals surface area contributed by atoms with E-state index in [2.05, 4.69) is 15.2 Å². The van der Waals surface area contributed by atoms with Crippen LogP contribution in [0.2, 0.25) is 0 Å². The molecule has 0 unspecified atom stereocenters. The molecule has 0 saturated carbocycles. The second kappa shape index (κ2) is 7.59. The summed E-state index contributed by atoms with van der Waals surface area (Å²) in [7, 11) is -3.79. The van der Waals surface area contributed by atoms with Crippen molar-refractivity contribution in [3.8, 4) is 0 Å². The van der Waals surface area contributed by atoms with Crippen molar-refractivity contribution >= 4 is 21.7 Å². The summed E-state index contributed by atoms with van der Waals surface area (Å²) in [5, 5.41) is 6.26. The van der Waals surface area contributed by atoms with E-state index < -0.39 is 22.0 Å². The van der Waals surface area contributed by atoms with Gasteiger partial charge in [0.1, 0.15) is 11.8 Å². The average Bonchev–Trinajstić information content (AvgIpc) is 2.92. The fourth-order valence-corrected chi connectivity index (χ4v) is 3.40. The van der Waals surface area contributed by atoms with Gasteiger partial charge in [-0.05, 0) is 31.4 Å². The second-order valence-corrected chi connectivity index (χ2v) is 7.64. The molecule has 2 N–H and O–H groups in total. The van der Waals surface area contributed by atoms with Gasteiger partial charge in [0.2, 0.25) is 15.9 Å². The van der Waals surface area contributed by atoms with Crippen LogP contribution < -0.4 is 10.0 Å². The summed E-state index contributed by atoms with van der Waals surface area (Å²) >= 11 is 0. The number of rotatable bonds is 7. The molecule has 0 saturated heterocycles. The minimum atomic E-state index is -3.79. The molecule has 1 atom stereocenters. The van der Waals surface area contributed by atoms with Crippen LogP contribution in [0.25, 0.3) is 0 Å². The zero-order valence-electron chi connectivity index (χ0n) is 13.8. The highest BCUT2D eigenvalue weighted by atomic mass is 32.2. The minimum Gasteiger partial charge on any atom is -0.360 e. The molecule has 1 aromatic carbocycles. The van der Waals surface area contributed by atoms with Crippen LogP contribution in [0.4, 0.5) is 5.82 Å². The van der Waals surface area contributed by atoms with Crippen molar-refractivity contribution in [2.24, 2.45) is 5.92 Å². The standard InChI is InChI=1S/C16H21N3O4S/c1-11(2)9-14(16(20)17-15-10-12(3)23-18-15)19-24(21,22)13-7-5-4-6-8-13/h4-8,10-11,14,19H,9H2,1-3H3,(H,17,18,20)/t14-/m1/s1. The Labute approximate surface area is 141 Å². The Morgan fingerprint density at radius 2 is 1.92 bits per heavy atom. The first-order valence-electron chi connectivity index (χ1n) is 7.59. The van der Waals surface area contributed by atoms with Crippen LogP contribution in [0.3, 0.4) is 0 Å². The molecule has 2 aromatic rings. The summed E-state index contributed by atoms with van der Waals surface area (Å²) in [6.45, 7) is 5.53. The van der Waals surface area contributed by atoms with E-state index in [1.807, 2.05) is 13.8 Å². The molecule has 1 heterocycles. The number of hydrogen-bond acceptors (Lipinski definition) is 5. The summed E-state index contributed by atoms with van der Waals surface area (Å²) in [5.41, 5.74) is 0. The number of nitrogens with zero attached hydrogens (tertiary/aromatic N) is 1. The summed E-state index contributed by atoms with van der Waals surface area (Å²) in [6, 6.07) is 8.60. The highest BCUT2D eigenvalue weighted by Gasteiger charge is 2.27. The highest BCUT2D eigenvalue weighted by molar-refractivity contribution is 7.89. The molecule has 8 heteroatoms. The van der Waals surface area contributed by atoms with Crippen LogP contribution in [0.15, 0.2) is 45.8 Å². The normalized spacial score (nSPS) is 13.0. The van der Waals surface area contributed by atoms with Gasteiger partial charge in [-0.2, -0.15) is 4.72 Å². The number of sulfonamides is 1. The van der Waals surface area contributed by atoms with Gasteiger partial charge in [-0.15, -0.1) is 0 Å². The Balaban J connectivity index is 2.17. The Morgan fingerprint density at radius 1 is 1.25 bits per heavy atom. The van der Waals surface area contributed by atoms with Crippen molar-refractivity contribution in [1.82, 2.24) is 9.88 Å². The van der Waals surface area contributed by atoms with Gasteiger partial charge in [-0.1, -0.05) is 37.2 Å². The second-order valence-electron chi connectivity index (χ2n) is 5.93. The third-order valence-corrected chi connectivity index (χ3v) is 4.74. The first kappa shape index (κ1) is 18.2. The predicted octanol–water partition coefficient (Wildman–Crippen LogP) is 2.31. The summed E-state index contributed by atoms with van der Waals surface area (Å²) in [4.78, 5) is 12.6. The third-order valence-electron chi connectivity index (χ3n) is 3.25. The van der Waals surface area contributed by atoms with Crippen molar-refractivity contribution in [3.05, 3.63) is 42.2 Å². The topological polar surface area (TPSA) is 101 Å².